The fraction of sp³-hybridized carbons (Fsp3) is 0.571. The summed E-state index contributed by atoms with van der Waals surface area (Å²) in [5.74, 6) is 0.406. The Kier molecular flexibility index (Phi) is 14.9. The lowest BCUT2D eigenvalue weighted by molar-refractivity contribution is -0.136. The number of aromatic nitrogens is 3. The molecular weight excluding hydrogens is 1060 g/mol. The van der Waals surface area contributed by atoms with Gasteiger partial charge in [-0.3, -0.25) is 39.4 Å². The maximum Gasteiger partial charge on any atom is 0.410 e. The van der Waals surface area contributed by atoms with Gasteiger partial charge in [-0.2, -0.15) is 9.97 Å². The van der Waals surface area contributed by atoms with Gasteiger partial charge in [-0.15, -0.1) is 0 Å². The number of carbonyl (C=O) groups excluding carboxylic acids is 4. The molecule has 20 heteroatoms. The van der Waals surface area contributed by atoms with Gasteiger partial charge in [0, 0.05) is 120 Å². The molecule has 2 unspecified atom stereocenters. The third kappa shape index (κ3) is 11.2. The molecule has 0 radical (unpaired) electrons. The van der Waals surface area contributed by atoms with Crippen molar-refractivity contribution >= 4 is 57.0 Å². The second kappa shape index (κ2) is 22.4. The molecule has 8 aliphatic rings. The zero-order valence-electron chi connectivity index (χ0n) is 48.7. The smallest absolute Gasteiger partial charge is 0.410 e. The molecule has 3 aromatic carbocycles. The van der Waals surface area contributed by atoms with E-state index in [-0.39, 0.29) is 71.7 Å². The third-order valence-corrected chi connectivity index (χ3v) is 18.9. The van der Waals surface area contributed by atoms with Gasteiger partial charge < -0.3 is 38.5 Å². The highest BCUT2D eigenvalue weighted by atomic mass is 19.1. The Hall–Kier alpha value is -6.74. The number of nitrogens with zero attached hydrogens (tertiary/aromatic N) is 10. The normalized spacial score (nSPS) is 23.5. The summed E-state index contributed by atoms with van der Waals surface area (Å²) in [6, 6.07) is 15.9. The predicted octanol–water partition coefficient (Wildman–Crippen LogP) is 7.26. The van der Waals surface area contributed by atoms with Gasteiger partial charge in [0.1, 0.15) is 34.4 Å². The summed E-state index contributed by atoms with van der Waals surface area (Å²) in [5, 5.41) is 4.70. The molecule has 9 heterocycles. The largest absolute Gasteiger partial charge is 0.468 e. The van der Waals surface area contributed by atoms with Crippen LogP contribution in [0, 0.1) is 17.2 Å². The second-order valence-electron chi connectivity index (χ2n) is 25.7. The highest BCUT2D eigenvalue weighted by Gasteiger charge is 2.48. The zero-order valence-corrected chi connectivity index (χ0v) is 48.7. The molecule has 2 aromatic heterocycles. The van der Waals surface area contributed by atoms with Gasteiger partial charge in [-0.25, -0.2) is 9.18 Å². The number of rotatable bonds is 16. The molecule has 2 bridgehead atoms. The Bertz CT molecular complexity index is 3320. The van der Waals surface area contributed by atoms with Crippen LogP contribution in [-0.4, -0.2) is 192 Å². The van der Waals surface area contributed by atoms with Gasteiger partial charge >= 0.3 is 12.1 Å². The van der Waals surface area contributed by atoms with E-state index in [2.05, 4.69) is 48.9 Å². The SMILES string of the molecule is CCc1cccc2cc(OCOC)cc(-c3ncc4c(N5CC6CCC(C5)N6C(=O)OC(C)(C)C)nc(OCC5(CN6CCC(N7CC(CN8CCN(c9ccc%10c(c9)CN([C@H]9CCC(=O)NC9=O)C%10=O)CC8)C7)CC6)CC5)nc4c3F)c12. The first-order chi connectivity index (χ1) is 40.1. The van der Waals surface area contributed by atoms with E-state index in [4.69, 9.17) is 33.9 Å². The quantitative estimate of drug-likeness (QED) is 0.0771. The first kappa shape index (κ1) is 55.4. The van der Waals surface area contributed by atoms with E-state index in [1.165, 1.54) is 0 Å². The Morgan fingerprint density at radius 2 is 1.60 bits per heavy atom. The number of anilines is 2. The number of piperidine rings is 2. The van der Waals surface area contributed by atoms with E-state index in [0.29, 0.717) is 72.7 Å². The van der Waals surface area contributed by atoms with E-state index in [1.807, 2.05) is 62.1 Å². The van der Waals surface area contributed by atoms with Gasteiger partial charge in [0.2, 0.25) is 11.8 Å². The Morgan fingerprint density at radius 1 is 0.831 bits per heavy atom. The predicted molar refractivity (Wildman–Crippen MR) is 312 cm³/mol. The van der Waals surface area contributed by atoms with E-state index in [1.54, 1.807) is 18.2 Å². The molecule has 0 spiro atoms. The number of carbonyl (C=O) groups is 4. The monoisotopic (exact) mass is 1140 g/mol. The van der Waals surface area contributed by atoms with Crippen molar-refractivity contribution < 1.29 is 42.5 Å². The number of amides is 4. The lowest BCUT2D eigenvalue weighted by Gasteiger charge is -2.49. The van der Waals surface area contributed by atoms with Gasteiger partial charge in [0.05, 0.1) is 24.1 Å². The summed E-state index contributed by atoms with van der Waals surface area (Å²) in [6.45, 7) is 19.9. The first-order valence-corrected chi connectivity index (χ1v) is 30.2. The van der Waals surface area contributed by atoms with E-state index < -0.39 is 17.5 Å². The topological polar surface area (TPSA) is 179 Å². The molecule has 83 heavy (non-hydrogen) atoms. The average Bonchev–Trinajstić information content (AvgIpc) is 4.29. The molecular formula is C63H78FN11O8. The standard InChI is InChI=1S/C63H78FN11O8/c1-6-40-8-7-9-41-27-47(82-38-80-5)28-49(53(40)41)55-54(64)56-50(29-65-55)57(73-34-45-10-11-46(35-73)75(45)61(79)83-62(2,3)4)68-60(67-56)81-37-63(18-19-63)36-70-20-16-43(17-21-70)72-31-39(32-72)30-69-22-24-71(25-23-69)44-12-13-48-42(26-44)33-74(59(48)78)51-14-15-52(76)66-58(51)77/h7-9,12-13,26-29,39,43,45-46,51H,6,10-11,14-25,30-38H2,1-5H3,(H,66,76,77)/t45?,46?,51-/m0/s1. The summed E-state index contributed by atoms with van der Waals surface area (Å²) in [7, 11) is 1.57. The van der Waals surface area contributed by atoms with Crippen molar-refractivity contribution in [3.8, 4) is 23.0 Å². The van der Waals surface area contributed by atoms with Gasteiger partial charge in [0.25, 0.3) is 5.91 Å². The van der Waals surface area contributed by atoms with Crippen LogP contribution in [0.1, 0.15) is 101 Å². The van der Waals surface area contributed by atoms with Gasteiger partial charge in [0.15, 0.2) is 12.6 Å². The molecule has 1 saturated carbocycles. The minimum absolute atomic E-state index is 0.0338. The lowest BCUT2D eigenvalue weighted by atomic mass is 9.92. The Balaban J connectivity index is 0.637. The molecule has 5 aromatic rings. The Morgan fingerprint density at radius 3 is 2.31 bits per heavy atom. The van der Waals surface area contributed by atoms with Crippen molar-refractivity contribution in [2.75, 3.05) is 109 Å². The van der Waals surface area contributed by atoms with Crippen LogP contribution in [-0.2, 0) is 32.0 Å². The van der Waals surface area contributed by atoms with Crippen LogP contribution in [0.15, 0.2) is 54.7 Å². The minimum Gasteiger partial charge on any atom is -0.468 e. The third-order valence-electron chi connectivity index (χ3n) is 18.9. The number of hydrogen-bond acceptors (Lipinski definition) is 16. The highest BCUT2D eigenvalue weighted by molar-refractivity contribution is 6.06. The van der Waals surface area contributed by atoms with Crippen LogP contribution < -0.4 is 24.6 Å². The average molecular weight is 1140 g/mol. The number of methoxy groups -OCH3 is 1. The number of halogens is 1. The fourth-order valence-corrected chi connectivity index (χ4v) is 14.4. The molecule has 6 saturated heterocycles. The van der Waals surface area contributed by atoms with E-state index in [9.17, 15) is 19.2 Å². The van der Waals surface area contributed by atoms with Gasteiger partial charge in [-0.1, -0.05) is 25.1 Å². The van der Waals surface area contributed by atoms with Crippen molar-refractivity contribution in [2.45, 2.75) is 122 Å². The maximum atomic E-state index is 17.7. The van der Waals surface area contributed by atoms with Crippen molar-refractivity contribution in [3.05, 3.63) is 77.2 Å². The number of likely N-dealkylation sites (tertiary alicyclic amines) is 2. The molecule has 440 valence electrons. The highest BCUT2D eigenvalue weighted by Crippen LogP contribution is 2.48. The van der Waals surface area contributed by atoms with Crippen LogP contribution in [0.5, 0.6) is 11.8 Å². The van der Waals surface area contributed by atoms with Crippen LogP contribution in [0.3, 0.4) is 0 Å². The number of ether oxygens (including phenoxy) is 4. The molecule has 3 atom stereocenters. The Labute approximate surface area is 484 Å². The van der Waals surface area contributed by atoms with Crippen molar-refractivity contribution in [1.82, 2.24) is 44.8 Å². The first-order valence-electron chi connectivity index (χ1n) is 30.2. The molecule has 7 fully saturated rings. The van der Waals surface area contributed by atoms with Crippen molar-refractivity contribution in [2.24, 2.45) is 11.3 Å². The molecule has 7 aliphatic heterocycles. The molecule has 1 aliphatic carbocycles. The number of hydrogen-bond donors (Lipinski definition) is 1. The number of nitrogens with one attached hydrogen (secondary N) is 1. The summed E-state index contributed by atoms with van der Waals surface area (Å²) < 4.78 is 41.5. The number of fused-ring (bicyclic) bond motifs is 5. The second-order valence-corrected chi connectivity index (χ2v) is 25.7. The van der Waals surface area contributed by atoms with E-state index in [0.717, 1.165) is 138 Å². The molecule has 19 nitrogen and oxygen atoms in total. The van der Waals surface area contributed by atoms with E-state index >= 15 is 4.39 Å². The number of imide groups is 1. The van der Waals surface area contributed by atoms with Crippen LogP contribution >= 0.6 is 0 Å². The molecule has 13 rings (SSSR count). The minimum atomic E-state index is -0.619. The van der Waals surface area contributed by atoms with Crippen LogP contribution in [0.25, 0.3) is 32.9 Å². The lowest BCUT2D eigenvalue weighted by Crippen LogP contribution is -2.59. The summed E-state index contributed by atoms with van der Waals surface area (Å²) in [6.07, 6.45) is 8.78. The summed E-state index contributed by atoms with van der Waals surface area (Å²) in [5.41, 5.74) is 4.03. The van der Waals surface area contributed by atoms with Crippen molar-refractivity contribution in [3.63, 3.8) is 0 Å². The number of piperazine rings is 2. The summed E-state index contributed by atoms with van der Waals surface area (Å²) in [4.78, 5) is 82.0. The number of benzene rings is 3. The van der Waals surface area contributed by atoms with Crippen molar-refractivity contribution in [1.29, 1.82) is 0 Å². The zero-order chi connectivity index (χ0) is 57.3. The number of pyridine rings is 1. The van der Waals surface area contributed by atoms with Gasteiger partial charge in [-0.05, 0) is 143 Å². The number of aryl methyl sites for hydroxylation is 1. The fourth-order valence-electron chi connectivity index (χ4n) is 14.4. The molecule has 1 N–H and O–H groups in total. The summed E-state index contributed by atoms with van der Waals surface area (Å²) >= 11 is 0. The van der Waals surface area contributed by atoms with Crippen LogP contribution in [0.2, 0.25) is 0 Å². The molecule has 4 amide bonds. The maximum absolute atomic E-state index is 17.7. The van der Waals surface area contributed by atoms with Crippen LogP contribution in [0.4, 0.5) is 20.7 Å².